The normalized spacial score (nSPS) is 53.1. The van der Waals surface area contributed by atoms with Gasteiger partial charge in [-0.1, -0.05) is 32.8 Å². The van der Waals surface area contributed by atoms with Gasteiger partial charge in [0.1, 0.15) is 11.7 Å². The van der Waals surface area contributed by atoms with Crippen LogP contribution in [0.2, 0.25) is 0 Å². The highest BCUT2D eigenvalue weighted by Gasteiger charge is 2.77. The van der Waals surface area contributed by atoms with Crippen LogP contribution < -0.4 is 0 Å². The van der Waals surface area contributed by atoms with E-state index in [2.05, 4.69) is 37.7 Å². The highest BCUT2D eigenvalue weighted by atomic mass is 16.6. The van der Waals surface area contributed by atoms with Gasteiger partial charge in [0.2, 0.25) is 0 Å². The maximum Gasteiger partial charge on any atom is 0.302 e. The maximum atomic E-state index is 11.6. The predicted molar refractivity (Wildman–Crippen MR) is 136 cm³/mol. The topological polar surface area (TPSA) is 96.8 Å². The van der Waals surface area contributed by atoms with Gasteiger partial charge in [0.25, 0.3) is 0 Å². The molecule has 4 aliphatic carbocycles. The number of esters is 1. The number of nitrogens with zero attached hydrogens (tertiary/aromatic N) is 3. The molecule has 13 atom stereocenters. The average molecular weight is 500 g/mol. The summed E-state index contributed by atoms with van der Waals surface area (Å²) in [5.41, 5.74) is 9.12. The smallest absolute Gasteiger partial charge is 0.302 e. The van der Waals surface area contributed by atoms with Gasteiger partial charge >= 0.3 is 5.97 Å². The van der Waals surface area contributed by atoms with Crippen LogP contribution in [0.1, 0.15) is 92.4 Å². The summed E-state index contributed by atoms with van der Waals surface area (Å²) in [7, 11) is 0. The zero-order chi connectivity index (χ0) is 25.5. The molecule has 2 unspecified atom stereocenters. The molecule has 0 bridgehead atoms. The Morgan fingerprint density at radius 3 is 2.78 bits per heavy atom. The molecule has 6 aliphatic rings. The molecule has 2 saturated heterocycles. The summed E-state index contributed by atoms with van der Waals surface area (Å²) in [6.45, 7) is 11.8. The van der Waals surface area contributed by atoms with Crippen LogP contribution in [0.5, 0.6) is 0 Å². The van der Waals surface area contributed by atoms with E-state index in [4.69, 9.17) is 19.7 Å². The van der Waals surface area contributed by atoms with Gasteiger partial charge in [-0.25, -0.2) is 0 Å². The molecule has 0 N–H and O–H groups in total. The summed E-state index contributed by atoms with van der Waals surface area (Å²) in [6.07, 6.45) is 11.2. The van der Waals surface area contributed by atoms with Crippen LogP contribution in [0.25, 0.3) is 10.4 Å². The Morgan fingerprint density at radius 2 is 2.03 bits per heavy atom. The minimum absolute atomic E-state index is 0.0254. The number of carbonyl (C=O) groups is 1. The summed E-state index contributed by atoms with van der Waals surface area (Å²) in [5, 5.41) is 3.76. The molecular weight excluding hydrogens is 454 g/mol. The summed E-state index contributed by atoms with van der Waals surface area (Å²) in [4.78, 5) is 14.5. The van der Waals surface area contributed by atoms with E-state index in [0.29, 0.717) is 53.9 Å². The lowest BCUT2D eigenvalue weighted by Crippen LogP contribution is -2.59. The molecule has 7 nitrogen and oxygen atoms in total. The van der Waals surface area contributed by atoms with E-state index in [9.17, 15) is 4.79 Å². The molecule has 36 heavy (non-hydrogen) atoms. The molecule has 0 aromatic heterocycles. The third-order valence-electron chi connectivity index (χ3n) is 12.4. The van der Waals surface area contributed by atoms with Crippen molar-refractivity contribution in [2.24, 2.45) is 51.5 Å². The van der Waals surface area contributed by atoms with E-state index in [-0.39, 0.29) is 23.1 Å². The monoisotopic (exact) mass is 499 g/mol. The van der Waals surface area contributed by atoms with Crippen molar-refractivity contribution < 1.29 is 19.0 Å². The third-order valence-corrected chi connectivity index (χ3v) is 12.4. The van der Waals surface area contributed by atoms with E-state index >= 15 is 0 Å². The van der Waals surface area contributed by atoms with Gasteiger partial charge in [0.15, 0.2) is 0 Å². The second-order valence-electron chi connectivity index (χ2n) is 14.0. The fourth-order valence-corrected chi connectivity index (χ4v) is 10.7. The molecule has 6 fully saturated rings. The van der Waals surface area contributed by atoms with E-state index in [1.807, 2.05) is 0 Å². The minimum Gasteiger partial charge on any atom is -0.462 e. The molecule has 7 heteroatoms. The van der Waals surface area contributed by atoms with Crippen LogP contribution in [0, 0.1) is 46.3 Å². The zero-order valence-corrected chi connectivity index (χ0v) is 22.8. The second kappa shape index (κ2) is 8.61. The van der Waals surface area contributed by atoms with Crippen molar-refractivity contribution in [2.75, 3.05) is 6.54 Å². The largest absolute Gasteiger partial charge is 0.462 e. The molecule has 4 saturated carbocycles. The number of hydrogen-bond acceptors (Lipinski definition) is 5. The minimum atomic E-state index is -0.158. The lowest BCUT2D eigenvalue weighted by Gasteiger charge is -2.59. The molecule has 1 spiro atoms. The number of epoxide rings is 1. The molecule has 200 valence electrons. The van der Waals surface area contributed by atoms with Gasteiger partial charge in [-0.15, -0.1) is 0 Å². The van der Waals surface area contributed by atoms with Crippen LogP contribution >= 0.6 is 0 Å². The number of ether oxygens (including phenoxy) is 3. The van der Waals surface area contributed by atoms with E-state index in [1.54, 1.807) is 0 Å². The highest BCUT2D eigenvalue weighted by molar-refractivity contribution is 5.66. The molecule has 2 aliphatic heterocycles. The molecule has 0 aromatic rings. The first-order chi connectivity index (χ1) is 17.1. The molecule has 6 rings (SSSR count). The van der Waals surface area contributed by atoms with Crippen molar-refractivity contribution in [2.45, 2.75) is 122 Å². The van der Waals surface area contributed by atoms with Crippen LogP contribution in [-0.4, -0.2) is 42.5 Å². The van der Waals surface area contributed by atoms with Crippen molar-refractivity contribution in [3.63, 3.8) is 0 Å². The Morgan fingerprint density at radius 1 is 1.22 bits per heavy atom. The zero-order valence-electron chi connectivity index (χ0n) is 22.8. The lowest BCUT2D eigenvalue weighted by molar-refractivity contribution is -0.157. The van der Waals surface area contributed by atoms with Crippen molar-refractivity contribution >= 4 is 5.97 Å². The van der Waals surface area contributed by atoms with E-state index < -0.39 is 0 Å². The Bertz CT molecular complexity index is 953. The van der Waals surface area contributed by atoms with Crippen LogP contribution in [0.4, 0.5) is 0 Å². The quantitative estimate of drug-likeness (QED) is 0.138. The van der Waals surface area contributed by atoms with Gasteiger partial charge < -0.3 is 14.2 Å². The maximum absolute atomic E-state index is 11.6. The second-order valence-corrected chi connectivity index (χ2v) is 14.0. The SMILES string of the molecule is CC(=O)O[C@H]1CC[C@]2(C)[C@H]3CC[C@]4(C)[C@H]5[C@H](C)[C@@H](CC[C@@H](C)CN=[N+]=[N-])O[C@H]5C[C@H]4[C@@H]3CC3OC32C1. The van der Waals surface area contributed by atoms with E-state index in [1.165, 1.54) is 32.6 Å². The molecule has 0 aromatic carbocycles. The third kappa shape index (κ3) is 3.51. The van der Waals surface area contributed by atoms with Crippen LogP contribution in [0.3, 0.4) is 0 Å². The number of hydrogen-bond donors (Lipinski definition) is 0. The van der Waals surface area contributed by atoms with Crippen LogP contribution in [0.15, 0.2) is 5.11 Å². The summed E-state index contributed by atoms with van der Waals surface area (Å²) < 4.78 is 19.1. The number of fused-ring (bicyclic) bond motifs is 6. The standard InChI is InChI=1S/C29H45N3O4/c1-16(15-31-32-30)6-7-23-17(2)26-24(35-23)13-22-20-12-25-29(36-25)14-19(34-18(3)33)8-11-28(29,5)21(20)9-10-27(22,26)4/h16-17,19-26H,6-15H2,1-5H3/t16-,17-,19+,20-,21+,22+,23-,24+,25?,26+,27+,28-,29?/m1/s1. The summed E-state index contributed by atoms with van der Waals surface area (Å²) >= 11 is 0. The van der Waals surface area contributed by atoms with Gasteiger partial charge in [0, 0.05) is 30.2 Å². The van der Waals surface area contributed by atoms with Crippen molar-refractivity contribution in [3.8, 4) is 0 Å². The molecular formula is C29H45N3O4. The first kappa shape index (κ1) is 25.0. The van der Waals surface area contributed by atoms with Gasteiger partial charge in [-0.05, 0) is 97.8 Å². The first-order valence-electron chi connectivity index (χ1n) is 14.6. The molecule has 2 heterocycles. The molecule has 0 radical (unpaired) electrons. The van der Waals surface area contributed by atoms with Crippen molar-refractivity contribution in [3.05, 3.63) is 10.4 Å². The van der Waals surface area contributed by atoms with E-state index in [0.717, 1.165) is 43.9 Å². The Labute approximate surface area is 216 Å². The highest BCUT2D eigenvalue weighted by Crippen LogP contribution is 2.75. The number of azide groups is 1. The fraction of sp³-hybridized carbons (Fsp3) is 0.966. The van der Waals surface area contributed by atoms with Crippen molar-refractivity contribution in [1.82, 2.24) is 0 Å². The Kier molecular flexibility index (Phi) is 5.98. The fourth-order valence-electron chi connectivity index (χ4n) is 10.7. The Hall–Kier alpha value is -1.30. The number of carbonyl (C=O) groups excluding carboxylic acids is 1. The van der Waals surface area contributed by atoms with Crippen LogP contribution in [-0.2, 0) is 19.0 Å². The van der Waals surface area contributed by atoms with Crippen molar-refractivity contribution in [1.29, 1.82) is 0 Å². The average Bonchev–Trinajstić information content (AvgIpc) is 3.30. The summed E-state index contributed by atoms with van der Waals surface area (Å²) in [6, 6.07) is 0. The first-order valence-corrected chi connectivity index (χ1v) is 14.6. The number of rotatable bonds is 6. The van der Waals surface area contributed by atoms with Gasteiger partial charge in [-0.3, -0.25) is 4.79 Å². The lowest BCUT2D eigenvalue weighted by atomic mass is 9.44. The predicted octanol–water partition coefficient (Wildman–Crippen LogP) is 6.45. The van der Waals surface area contributed by atoms with Gasteiger partial charge in [0.05, 0.1) is 18.3 Å². The summed E-state index contributed by atoms with van der Waals surface area (Å²) in [5.74, 6) is 3.65. The van der Waals surface area contributed by atoms with Gasteiger partial charge in [-0.2, -0.15) is 0 Å². The Balaban J connectivity index is 1.16. The molecule has 0 amide bonds.